The van der Waals surface area contributed by atoms with Gasteiger partial charge in [0.25, 0.3) is 0 Å². The van der Waals surface area contributed by atoms with Crippen molar-refractivity contribution in [1.82, 2.24) is 0 Å². The molecule has 1 aliphatic rings. The Morgan fingerprint density at radius 2 is 1.22 bits per heavy atom. The van der Waals surface area contributed by atoms with Gasteiger partial charge in [-0.05, 0) is 48.5 Å². The first kappa shape index (κ1) is 37.9. The summed E-state index contributed by atoms with van der Waals surface area (Å²) in [6.45, 7) is -0.783. The van der Waals surface area contributed by atoms with Crippen molar-refractivity contribution in [1.29, 1.82) is 0 Å². The number of benzene rings is 4. The van der Waals surface area contributed by atoms with E-state index in [0.29, 0.717) is 23.9 Å². The third-order valence-electron chi connectivity index (χ3n) is 8.03. The van der Waals surface area contributed by atoms with Gasteiger partial charge < -0.3 is 38.4 Å². The zero-order chi connectivity index (χ0) is 35.5. The Hall–Kier alpha value is -3.37. The Kier molecular flexibility index (Phi) is 14.2. The Morgan fingerprint density at radius 1 is 0.740 bits per heavy atom. The summed E-state index contributed by atoms with van der Waals surface area (Å²) in [5, 5.41) is 20.6. The minimum Gasteiger partial charge on any atom is -0.567 e. The van der Waals surface area contributed by atoms with Crippen LogP contribution in [0.15, 0.2) is 97.1 Å². The summed E-state index contributed by atoms with van der Waals surface area (Å²) in [6.07, 6.45) is -0.672. The average molecular weight is 650 g/mol. The highest BCUT2D eigenvalue weighted by atomic mass is 16.6. The normalized spacial score (nSPS) is 14.3. The summed E-state index contributed by atoms with van der Waals surface area (Å²) in [6, 6.07) is 27.8. The van der Waals surface area contributed by atoms with E-state index in [4.69, 9.17) is 59.1 Å². The van der Waals surface area contributed by atoms with Crippen LogP contribution in [0.2, 0.25) is 0 Å². The lowest BCUT2D eigenvalue weighted by Gasteiger charge is -2.22. The molecule has 0 saturated carbocycles. The maximum atomic E-state index is 10.8. The van der Waals surface area contributed by atoms with Crippen molar-refractivity contribution in [2.24, 2.45) is 0 Å². The van der Waals surface area contributed by atoms with Gasteiger partial charge in [0.1, 0.15) is 24.7 Å². The SMILES string of the molecule is [B][B]B(Oc1ccc(B([B])c2ccc(O[B]C3CO3)cc2)cc1)C(O)COc1ccc(B(B([B])[B])c2ccc(OCC(O)[B]OC)cc2)cc1. The molecular formula is C31H30B11O8. The number of hydrogen-bond acceptors (Lipinski definition) is 8. The maximum absolute atomic E-state index is 10.8. The van der Waals surface area contributed by atoms with E-state index in [0.717, 1.165) is 27.6 Å². The number of ether oxygens (including phenoxy) is 3. The highest BCUT2D eigenvalue weighted by molar-refractivity contribution is 7.62. The summed E-state index contributed by atoms with van der Waals surface area (Å²) in [4.78, 5) is 0. The summed E-state index contributed by atoms with van der Waals surface area (Å²) in [7, 11) is 30.4. The molecule has 1 heterocycles. The van der Waals surface area contributed by atoms with Gasteiger partial charge in [0.2, 0.25) is 0 Å². The molecule has 19 heteroatoms. The molecule has 4 aromatic carbocycles. The second-order valence-corrected chi connectivity index (χ2v) is 11.8. The molecule has 235 valence electrons. The van der Waals surface area contributed by atoms with Gasteiger partial charge >= 0.3 is 21.8 Å². The van der Waals surface area contributed by atoms with E-state index >= 15 is 0 Å². The maximum Gasteiger partial charge on any atom is 0.403 e. The largest absolute Gasteiger partial charge is 0.567 e. The van der Waals surface area contributed by atoms with Crippen LogP contribution in [0.3, 0.4) is 0 Å². The Labute approximate surface area is 303 Å². The number of aliphatic hydroxyl groups is 2. The molecule has 11 radical (unpaired) electrons. The van der Waals surface area contributed by atoms with Crippen LogP contribution in [0.25, 0.3) is 0 Å². The smallest absolute Gasteiger partial charge is 0.403 e. The second kappa shape index (κ2) is 18.7. The van der Waals surface area contributed by atoms with Gasteiger partial charge in [-0.1, -0.05) is 70.4 Å². The quantitative estimate of drug-likeness (QED) is 0.0797. The van der Waals surface area contributed by atoms with E-state index in [1.165, 1.54) is 21.7 Å². The van der Waals surface area contributed by atoms with Gasteiger partial charge in [-0.2, -0.15) is 0 Å². The number of aliphatic hydroxyl groups excluding tert-OH is 2. The van der Waals surface area contributed by atoms with E-state index in [-0.39, 0.29) is 32.4 Å². The lowest BCUT2D eigenvalue weighted by atomic mass is 8.90. The molecule has 0 bridgehead atoms. The summed E-state index contributed by atoms with van der Waals surface area (Å²) in [5.74, 6) is 2.36. The molecule has 1 saturated heterocycles. The summed E-state index contributed by atoms with van der Waals surface area (Å²) >= 11 is 0. The van der Waals surface area contributed by atoms with E-state index < -0.39 is 25.2 Å². The van der Waals surface area contributed by atoms with Crippen LogP contribution in [0.1, 0.15) is 0 Å². The number of rotatable bonds is 20. The fourth-order valence-electron chi connectivity index (χ4n) is 5.23. The van der Waals surface area contributed by atoms with Crippen molar-refractivity contribution < 1.29 is 38.4 Å². The molecule has 1 aliphatic heterocycles. The summed E-state index contributed by atoms with van der Waals surface area (Å²) in [5.41, 5.74) is 3.60. The van der Waals surface area contributed by atoms with E-state index in [9.17, 15) is 10.2 Å². The minimum absolute atomic E-state index is 0.0610. The zero-order valence-electron chi connectivity index (χ0n) is 27.8. The standard InChI is InChI=1S/C31H30B11O8/c1-45-36-29(43)18-46-25-10-6-23(7-11-25)40(42(34)35)24-8-12-26(13-9-24)47-20-31(44)41(38-32)50-28-16-4-22(5-17-28)39(33)21-2-14-27(15-3-21)49-37-30-19-48-30/h2-17,29-31,43-44H,18-20H2,1H3. The van der Waals surface area contributed by atoms with Crippen LogP contribution in [-0.4, -0.2) is 135 Å². The van der Waals surface area contributed by atoms with Crippen LogP contribution in [-0.2, 0) is 9.39 Å². The highest BCUT2D eigenvalue weighted by Gasteiger charge is 2.28. The van der Waals surface area contributed by atoms with Gasteiger partial charge in [-0.3, -0.25) is 0 Å². The van der Waals surface area contributed by atoms with Gasteiger partial charge in [-0.15, -0.1) is 0 Å². The van der Waals surface area contributed by atoms with E-state index in [2.05, 4.69) is 0 Å². The van der Waals surface area contributed by atoms with Crippen molar-refractivity contribution in [3.05, 3.63) is 97.1 Å². The van der Waals surface area contributed by atoms with Crippen LogP contribution < -0.4 is 40.6 Å². The highest BCUT2D eigenvalue weighted by Crippen LogP contribution is 2.15. The van der Waals surface area contributed by atoms with Crippen LogP contribution in [0.5, 0.6) is 23.0 Å². The first-order valence-electron chi connectivity index (χ1n) is 16.2. The van der Waals surface area contributed by atoms with E-state index in [1.54, 1.807) is 43.9 Å². The molecule has 1 fully saturated rings. The van der Waals surface area contributed by atoms with Crippen LogP contribution in [0, 0.1) is 0 Å². The minimum atomic E-state index is -1.05. The van der Waals surface area contributed by atoms with Crippen molar-refractivity contribution in [3.8, 4) is 23.0 Å². The molecule has 4 aromatic rings. The van der Waals surface area contributed by atoms with Crippen molar-refractivity contribution >= 4 is 101 Å². The average Bonchev–Trinajstić information content (AvgIpc) is 3.97. The molecule has 5 rings (SSSR count). The molecule has 0 aromatic heterocycles. The third kappa shape index (κ3) is 11.1. The topological polar surface area (TPSA) is 99.1 Å². The Bertz CT molecular complexity index is 1580. The molecule has 0 amide bonds. The van der Waals surface area contributed by atoms with Gasteiger partial charge in [0.15, 0.2) is 13.2 Å². The Morgan fingerprint density at radius 3 is 1.70 bits per heavy atom. The lowest BCUT2D eigenvalue weighted by Crippen LogP contribution is -2.55. The molecule has 8 nitrogen and oxygen atoms in total. The molecule has 0 spiro atoms. The van der Waals surface area contributed by atoms with Crippen molar-refractivity contribution in [3.63, 3.8) is 0 Å². The molecule has 3 atom stereocenters. The zero-order valence-corrected chi connectivity index (χ0v) is 27.8. The first-order valence-corrected chi connectivity index (χ1v) is 16.2. The molecule has 2 N–H and O–H groups in total. The van der Waals surface area contributed by atoms with Crippen LogP contribution in [0.4, 0.5) is 0 Å². The van der Waals surface area contributed by atoms with Crippen molar-refractivity contribution in [2.75, 3.05) is 26.9 Å². The Balaban J connectivity index is 1.11. The number of epoxide rings is 1. The molecule has 3 unspecified atom stereocenters. The van der Waals surface area contributed by atoms with E-state index in [1.807, 2.05) is 60.7 Å². The fraction of sp³-hybridized carbons (Fsp3) is 0.226. The number of hydrogen-bond donors (Lipinski definition) is 2. The predicted octanol–water partition coefficient (Wildman–Crippen LogP) is -2.58. The van der Waals surface area contributed by atoms with Gasteiger partial charge in [-0.25, -0.2) is 0 Å². The predicted molar refractivity (Wildman–Crippen MR) is 209 cm³/mol. The van der Waals surface area contributed by atoms with Gasteiger partial charge in [0.05, 0.1) is 43.2 Å². The first-order chi connectivity index (χ1) is 24.2. The fourth-order valence-corrected chi connectivity index (χ4v) is 5.23. The summed E-state index contributed by atoms with van der Waals surface area (Å²) < 4.78 is 32.9. The van der Waals surface area contributed by atoms with Crippen LogP contribution >= 0.6 is 0 Å². The molecule has 50 heavy (non-hydrogen) atoms. The second-order valence-electron chi connectivity index (χ2n) is 11.8. The lowest BCUT2D eigenvalue weighted by molar-refractivity contribution is 0.153. The monoisotopic (exact) mass is 651 g/mol. The van der Waals surface area contributed by atoms with Crippen molar-refractivity contribution in [2.45, 2.75) is 18.0 Å². The molecular weight excluding hydrogens is 619 g/mol. The third-order valence-corrected chi connectivity index (χ3v) is 8.03. The van der Waals surface area contributed by atoms with Gasteiger partial charge in [0, 0.05) is 44.4 Å². The molecule has 0 aliphatic carbocycles.